The standard InChI is InChI=1S/C14H18ClN3O3/c1-18(2)13(19)11-4-3-9(7-12(11)15)16-14(20)17-10-5-6-21-8-10/h3-4,7,10H,5-6,8H2,1-2H3,(H2,16,17,20). The Hall–Kier alpha value is -1.79. The number of hydrogen-bond donors (Lipinski definition) is 2. The van der Waals surface area contributed by atoms with Gasteiger partial charge in [0.05, 0.1) is 23.2 Å². The number of rotatable bonds is 3. The van der Waals surface area contributed by atoms with E-state index in [0.29, 0.717) is 29.5 Å². The van der Waals surface area contributed by atoms with Crippen molar-refractivity contribution in [2.75, 3.05) is 32.6 Å². The molecule has 0 radical (unpaired) electrons. The van der Waals surface area contributed by atoms with Crippen molar-refractivity contribution in [3.05, 3.63) is 28.8 Å². The Morgan fingerprint density at radius 2 is 2.14 bits per heavy atom. The summed E-state index contributed by atoms with van der Waals surface area (Å²) < 4.78 is 5.19. The monoisotopic (exact) mass is 311 g/mol. The van der Waals surface area contributed by atoms with Crippen LogP contribution in [0.4, 0.5) is 10.5 Å². The molecule has 2 rings (SSSR count). The van der Waals surface area contributed by atoms with E-state index in [1.165, 1.54) is 4.90 Å². The highest BCUT2D eigenvalue weighted by atomic mass is 35.5. The van der Waals surface area contributed by atoms with Crippen LogP contribution in [0.2, 0.25) is 5.02 Å². The fraction of sp³-hybridized carbons (Fsp3) is 0.429. The number of amides is 3. The first-order valence-corrected chi connectivity index (χ1v) is 7.01. The summed E-state index contributed by atoms with van der Waals surface area (Å²) in [4.78, 5) is 25.1. The summed E-state index contributed by atoms with van der Waals surface area (Å²) in [7, 11) is 3.31. The Morgan fingerprint density at radius 3 is 2.71 bits per heavy atom. The Bertz CT molecular complexity index is 542. The van der Waals surface area contributed by atoms with Crippen molar-refractivity contribution in [2.24, 2.45) is 0 Å². The average Bonchev–Trinajstić information content (AvgIpc) is 2.90. The predicted molar refractivity (Wildman–Crippen MR) is 80.8 cm³/mol. The second-order valence-corrected chi connectivity index (χ2v) is 5.46. The number of nitrogens with zero attached hydrogens (tertiary/aromatic N) is 1. The van der Waals surface area contributed by atoms with E-state index in [1.807, 2.05) is 0 Å². The first kappa shape index (κ1) is 15.6. The summed E-state index contributed by atoms with van der Waals surface area (Å²) in [6, 6.07) is 4.53. The molecule has 0 saturated carbocycles. The fourth-order valence-corrected chi connectivity index (χ4v) is 2.27. The molecule has 1 saturated heterocycles. The van der Waals surface area contributed by atoms with E-state index >= 15 is 0 Å². The molecule has 114 valence electrons. The zero-order chi connectivity index (χ0) is 15.4. The lowest BCUT2D eigenvalue weighted by Gasteiger charge is -2.14. The number of hydrogen-bond acceptors (Lipinski definition) is 3. The second-order valence-electron chi connectivity index (χ2n) is 5.05. The van der Waals surface area contributed by atoms with Crippen LogP contribution in [0.25, 0.3) is 0 Å². The molecule has 0 aromatic heterocycles. The van der Waals surface area contributed by atoms with Crippen LogP contribution in [0.5, 0.6) is 0 Å². The van der Waals surface area contributed by atoms with Gasteiger partial charge in [0.1, 0.15) is 0 Å². The minimum Gasteiger partial charge on any atom is -0.379 e. The van der Waals surface area contributed by atoms with Gasteiger partial charge in [-0.15, -0.1) is 0 Å². The smallest absolute Gasteiger partial charge is 0.319 e. The van der Waals surface area contributed by atoms with Crippen LogP contribution >= 0.6 is 11.6 Å². The summed E-state index contributed by atoms with van der Waals surface area (Å²) in [5.74, 6) is -0.181. The highest BCUT2D eigenvalue weighted by Crippen LogP contribution is 2.22. The molecule has 21 heavy (non-hydrogen) atoms. The van der Waals surface area contributed by atoms with Crippen LogP contribution in [0, 0.1) is 0 Å². The molecular weight excluding hydrogens is 294 g/mol. The van der Waals surface area contributed by atoms with E-state index in [1.54, 1.807) is 32.3 Å². The molecule has 0 bridgehead atoms. The van der Waals surface area contributed by atoms with Gasteiger partial charge >= 0.3 is 6.03 Å². The zero-order valence-corrected chi connectivity index (χ0v) is 12.7. The van der Waals surface area contributed by atoms with Gasteiger partial charge in [0.25, 0.3) is 5.91 Å². The maximum Gasteiger partial charge on any atom is 0.319 e. The Balaban J connectivity index is 1.99. The first-order valence-electron chi connectivity index (χ1n) is 6.64. The molecule has 1 atom stereocenters. The van der Waals surface area contributed by atoms with Gasteiger partial charge in [-0.3, -0.25) is 4.79 Å². The van der Waals surface area contributed by atoms with E-state index in [9.17, 15) is 9.59 Å². The van der Waals surface area contributed by atoms with Crippen molar-refractivity contribution in [2.45, 2.75) is 12.5 Å². The normalized spacial score (nSPS) is 17.4. The van der Waals surface area contributed by atoms with Crippen LogP contribution in [-0.2, 0) is 4.74 Å². The zero-order valence-electron chi connectivity index (χ0n) is 12.0. The summed E-state index contributed by atoms with van der Waals surface area (Å²) in [6.45, 7) is 1.20. The number of ether oxygens (including phenoxy) is 1. The van der Waals surface area contributed by atoms with Gasteiger partial charge in [0.2, 0.25) is 0 Å². The number of carbonyl (C=O) groups excluding carboxylic acids is 2. The molecule has 1 heterocycles. The number of benzene rings is 1. The topological polar surface area (TPSA) is 70.7 Å². The van der Waals surface area contributed by atoms with Crippen LogP contribution in [0.15, 0.2) is 18.2 Å². The number of anilines is 1. The minimum absolute atomic E-state index is 0.0371. The van der Waals surface area contributed by atoms with Crippen LogP contribution < -0.4 is 10.6 Å². The fourth-order valence-electron chi connectivity index (χ4n) is 2.01. The third-order valence-electron chi connectivity index (χ3n) is 3.13. The van der Waals surface area contributed by atoms with Gasteiger partial charge in [0.15, 0.2) is 0 Å². The number of halogens is 1. The van der Waals surface area contributed by atoms with Gasteiger partial charge in [-0.1, -0.05) is 11.6 Å². The molecule has 1 aromatic rings. The van der Waals surface area contributed by atoms with E-state index in [2.05, 4.69) is 10.6 Å². The SMILES string of the molecule is CN(C)C(=O)c1ccc(NC(=O)NC2CCOC2)cc1Cl. The molecule has 2 N–H and O–H groups in total. The summed E-state index contributed by atoms with van der Waals surface area (Å²) in [5, 5.41) is 5.80. The van der Waals surface area contributed by atoms with Crippen molar-refractivity contribution in [3.8, 4) is 0 Å². The van der Waals surface area contributed by atoms with Crippen molar-refractivity contribution in [1.82, 2.24) is 10.2 Å². The van der Waals surface area contributed by atoms with Crippen molar-refractivity contribution >= 4 is 29.2 Å². The molecule has 1 aliphatic heterocycles. The van der Waals surface area contributed by atoms with E-state index < -0.39 is 0 Å². The predicted octanol–water partition coefficient (Wildman–Crippen LogP) is 1.95. The Labute approximate surface area is 128 Å². The van der Waals surface area contributed by atoms with Gasteiger partial charge < -0.3 is 20.3 Å². The molecule has 1 fully saturated rings. The molecule has 0 spiro atoms. The van der Waals surface area contributed by atoms with Crippen LogP contribution in [0.3, 0.4) is 0 Å². The van der Waals surface area contributed by atoms with Gasteiger partial charge in [-0.2, -0.15) is 0 Å². The van der Waals surface area contributed by atoms with E-state index in [4.69, 9.17) is 16.3 Å². The number of nitrogens with one attached hydrogen (secondary N) is 2. The Morgan fingerprint density at radius 1 is 1.38 bits per heavy atom. The maximum absolute atomic E-state index is 11.9. The second kappa shape index (κ2) is 6.78. The third-order valence-corrected chi connectivity index (χ3v) is 3.44. The first-order chi connectivity index (χ1) is 9.97. The van der Waals surface area contributed by atoms with Crippen molar-refractivity contribution < 1.29 is 14.3 Å². The van der Waals surface area contributed by atoms with Gasteiger partial charge in [-0.05, 0) is 24.6 Å². The third kappa shape index (κ3) is 4.09. The quantitative estimate of drug-likeness (QED) is 0.896. The summed E-state index contributed by atoms with van der Waals surface area (Å²) in [6.07, 6.45) is 0.810. The molecule has 1 aromatic carbocycles. The van der Waals surface area contributed by atoms with Gasteiger partial charge in [-0.25, -0.2) is 4.79 Å². The molecule has 1 unspecified atom stereocenters. The Kier molecular flexibility index (Phi) is 5.03. The maximum atomic E-state index is 11.9. The van der Waals surface area contributed by atoms with Crippen LogP contribution in [-0.4, -0.2) is 50.2 Å². The highest BCUT2D eigenvalue weighted by Gasteiger charge is 2.18. The number of carbonyl (C=O) groups is 2. The lowest BCUT2D eigenvalue weighted by Crippen LogP contribution is -2.38. The summed E-state index contributed by atoms with van der Waals surface area (Å²) >= 11 is 6.08. The summed E-state index contributed by atoms with van der Waals surface area (Å²) in [5.41, 5.74) is 0.934. The lowest BCUT2D eigenvalue weighted by molar-refractivity contribution is 0.0828. The molecular formula is C14H18ClN3O3. The largest absolute Gasteiger partial charge is 0.379 e. The van der Waals surface area contributed by atoms with Crippen molar-refractivity contribution in [3.63, 3.8) is 0 Å². The molecule has 6 nitrogen and oxygen atoms in total. The van der Waals surface area contributed by atoms with E-state index in [-0.39, 0.29) is 18.0 Å². The van der Waals surface area contributed by atoms with Crippen LogP contribution in [0.1, 0.15) is 16.8 Å². The minimum atomic E-state index is -0.312. The molecule has 7 heteroatoms. The lowest BCUT2D eigenvalue weighted by atomic mass is 10.2. The van der Waals surface area contributed by atoms with E-state index in [0.717, 1.165) is 6.42 Å². The van der Waals surface area contributed by atoms with Gasteiger partial charge in [0, 0.05) is 26.4 Å². The molecule has 3 amide bonds. The number of urea groups is 1. The van der Waals surface area contributed by atoms with Crippen molar-refractivity contribution in [1.29, 1.82) is 0 Å². The highest BCUT2D eigenvalue weighted by molar-refractivity contribution is 6.34. The average molecular weight is 312 g/mol. The molecule has 1 aliphatic rings. The molecule has 0 aliphatic carbocycles.